The van der Waals surface area contributed by atoms with E-state index < -0.39 is 30.0 Å². The van der Waals surface area contributed by atoms with Gasteiger partial charge in [0.2, 0.25) is 5.91 Å². The van der Waals surface area contributed by atoms with E-state index in [9.17, 15) is 29.1 Å². The Hall–Kier alpha value is -3.51. The van der Waals surface area contributed by atoms with E-state index in [0.717, 1.165) is 22.3 Å². The van der Waals surface area contributed by atoms with Crippen molar-refractivity contribution < 1.29 is 38.9 Å². The van der Waals surface area contributed by atoms with Gasteiger partial charge in [-0.3, -0.25) is 19.2 Å². The number of carbonyl (C=O) groups is 5. The first kappa shape index (κ1) is 37.0. The molecule has 12 heteroatoms. The maximum atomic E-state index is 13.1. The van der Waals surface area contributed by atoms with Gasteiger partial charge in [-0.25, -0.2) is 4.79 Å². The first-order valence-corrected chi connectivity index (χ1v) is 17.8. The molecule has 0 aliphatic heterocycles. The van der Waals surface area contributed by atoms with Crippen LogP contribution in [-0.4, -0.2) is 69.6 Å². The van der Waals surface area contributed by atoms with Gasteiger partial charge in [0, 0.05) is 42.2 Å². The van der Waals surface area contributed by atoms with Crippen LogP contribution < -0.4 is 10.6 Å². The summed E-state index contributed by atoms with van der Waals surface area (Å²) in [6.45, 7) is 6.71. The molecule has 2 amide bonds. The summed E-state index contributed by atoms with van der Waals surface area (Å²) in [4.78, 5) is 60.3. The molecule has 0 saturated heterocycles. The number of Topliss-reactive ketones (excluding diaryl/α,β-unsaturated/α-hetero) is 1. The topological polar surface area (TPSA) is 159 Å². The maximum Gasteiger partial charge on any atom is 0.407 e. The molecule has 250 valence electrons. The van der Waals surface area contributed by atoms with Crippen molar-refractivity contribution in [3.05, 3.63) is 59.7 Å². The van der Waals surface area contributed by atoms with E-state index in [-0.39, 0.29) is 54.6 Å². The third kappa shape index (κ3) is 12.0. The van der Waals surface area contributed by atoms with Crippen molar-refractivity contribution in [2.75, 3.05) is 18.9 Å². The number of carbonyl (C=O) groups excluding carboxylic acids is 3. The van der Waals surface area contributed by atoms with Crippen LogP contribution in [0.15, 0.2) is 48.5 Å². The van der Waals surface area contributed by atoms with Gasteiger partial charge in [-0.1, -0.05) is 97.3 Å². The Labute approximate surface area is 278 Å². The Kier molecular flexibility index (Phi) is 14.5. The van der Waals surface area contributed by atoms with Crippen molar-refractivity contribution in [1.82, 2.24) is 10.6 Å². The van der Waals surface area contributed by atoms with Gasteiger partial charge in [0.1, 0.15) is 18.4 Å². The number of carboxylic acid groups (broad SMARTS) is 2. The number of hydrogen-bond acceptors (Lipinski definition) is 8. The van der Waals surface area contributed by atoms with Crippen LogP contribution >= 0.6 is 21.6 Å². The molecule has 3 rings (SSSR count). The third-order valence-corrected chi connectivity index (χ3v) is 10.8. The van der Waals surface area contributed by atoms with Crippen molar-refractivity contribution in [1.29, 1.82) is 0 Å². The lowest BCUT2D eigenvalue weighted by Crippen LogP contribution is -2.48. The number of benzene rings is 2. The zero-order chi connectivity index (χ0) is 33.7. The Bertz CT molecular complexity index is 1330. The highest BCUT2D eigenvalue weighted by atomic mass is 33.1. The number of fused-ring (bicyclic) bond motifs is 3. The lowest BCUT2D eigenvalue weighted by atomic mass is 9.95. The molecule has 0 spiro atoms. The van der Waals surface area contributed by atoms with Crippen LogP contribution in [0.1, 0.15) is 82.8 Å². The predicted octanol–water partition coefficient (Wildman–Crippen LogP) is 6.28. The molecule has 0 saturated carbocycles. The number of amides is 2. The van der Waals surface area contributed by atoms with Crippen LogP contribution in [0.4, 0.5) is 4.79 Å². The minimum absolute atomic E-state index is 0.0341. The highest BCUT2D eigenvalue weighted by molar-refractivity contribution is 8.77. The minimum Gasteiger partial charge on any atom is -0.481 e. The second-order valence-electron chi connectivity index (χ2n) is 12.3. The number of nitrogens with one attached hydrogen (secondary N) is 2. The van der Waals surface area contributed by atoms with Gasteiger partial charge < -0.3 is 25.6 Å². The molecular weight excluding hydrogens is 629 g/mol. The molecule has 1 aliphatic rings. The molecular formula is C34H44N2O8S2. The fourth-order valence-corrected chi connectivity index (χ4v) is 7.66. The smallest absolute Gasteiger partial charge is 0.407 e. The molecule has 0 bridgehead atoms. The number of carboxylic acids is 2. The molecule has 2 aromatic carbocycles. The van der Waals surface area contributed by atoms with Crippen molar-refractivity contribution >= 4 is 51.3 Å². The average Bonchev–Trinajstić information content (AvgIpc) is 3.32. The van der Waals surface area contributed by atoms with E-state index in [1.807, 2.05) is 36.4 Å². The molecule has 1 aliphatic carbocycles. The number of hydrogen-bond donors (Lipinski definition) is 4. The lowest BCUT2D eigenvalue weighted by molar-refractivity contribution is -0.145. The van der Waals surface area contributed by atoms with E-state index in [4.69, 9.17) is 9.84 Å². The van der Waals surface area contributed by atoms with Gasteiger partial charge in [-0.2, -0.15) is 0 Å². The summed E-state index contributed by atoms with van der Waals surface area (Å²) >= 11 is 0. The van der Waals surface area contributed by atoms with Crippen molar-refractivity contribution in [3.63, 3.8) is 0 Å². The van der Waals surface area contributed by atoms with Crippen LogP contribution in [-0.2, 0) is 23.9 Å². The first-order valence-electron chi connectivity index (χ1n) is 15.5. The summed E-state index contributed by atoms with van der Waals surface area (Å²) in [7, 11) is 3.12. The van der Waals surface area contributed by atoms with E-state index >= 15 is 0 Å². The van der Waals surface area contributed by atoms with Crippen molar-refractivity contribution in [3.8, 4) is 11.1 Å². The molecule has 46 heavy (non-hydrogen) atoms. The predicted molar refractivity (Wildman–Crippen MR) is 181 cm³/mol. The van der Waals surface area contributed by atoms with Gasteiger partial charge in [0.15, 0.2) is 0 Å². The second-order valence-corrected chi connectivity index (χ2v) is 15.5. The Morgan fingerprint density at radius 1 is 0.891 bits per heavy atom. The highest BCUT2D eigenvalue weighted by Crippen LogP contribution is 2.44. The molecule has 0 heterocycles. The lowest BCUT2D eigenvalue weighted by Gasteiger charge is -2.21. The molecule has 2 aromatic rings. The maximum absolute atomic E-state index is 13.1. The third-order valence-electron chi connectivity index (χ3n) is 7.46. The van der Waals surface area contributed by atoms with Crippen molar-refractivity contribution in [2.45, 2.75) is 82.4 Å². The first-order chi connectivity index (χ1) is 21.9. The molecule has 2 unspecified atom stereocenters. The number of alkyl carbamates (subject to hydrolysis) is 1. The standard InChI is InChI=1S/C34H44N2O8S2/c1-34(2,3)46-45-21-29(31(40)35-18-10-4-5-11-23(37)19-22(32(41)42)16-17-30(38)39)36-33(43)44-20-28-26-14-8-6-12-24(26)25-13-7-9-15-27(25)28/h6-9,12-15,22,28-29H,4-5,10-11,16-21H2,1-3H3,(H,35,40)(H,36,43)(H,38,39)(H,41,42). The quantitative estimate of drug-likeness (QED) is 0.0989. The Morgan fingerprint density at radius 3 is 2.11 bits per heavy atom. The van der Waals surface area contributed by atoms with Crippen LogP contribution in [0.2, 0.25) is 0 Å². The summed E-state index contributed by atoms with van der Waals surface area (Å²) < 4.78 is 5.64. The average molecular weight is 673 g/mol. The van der Waals surface area contributed by atoms with E-state index in [2.05, 4.69) is 43.5 Å². The van der Waals surface area contributed by atoms with Gasteiger partial charge >= 0.3 is 18.0 Å². The van der Waals surface area contributed by atoms with Crippen LogP contribution in [0, 0.1) is 5.92 Å². The number of aliphatic carboxylic acids is 2. The number of ether oxygens (including phenoxy) is 1. The summed E-state index contributed by atoms with van der Waals surface area (Å²) in [6.07, 6.45) is 0.725. The monoisotopic (exact) mass is 672 g/mol. The van der Waals surface area contributed by atoms with Gasteiger partial charge in [0.25, 0.3) is 0 Å². The van der Waals surface area contributed by atoms with Gasteiger partial charge in [-0.05, 0) is 41.5 Å². The van der Waals surface area contributed by atoms with E-state index in [1.54, 1.807) is 10.8 Å². The van der Waals surface area contributed by atoms with E-state index in [1.165, 1.54) is 10.8 Å². The van der Waals surface area contributed by atoms with E-state index in [0.29, 0.717) is 31.6 Å². The van der Waals surface area contributed by atoms with Crippen LogP contribution in [0.25, 0.3) is 11.1 Å². The molecule has 4 N–H and O–H groups in total. The molecule has 0 radical (unpaired) electrons. The molecule has 0 fully saturated rings. The zero-order valence-electron chi connectivity index (χ0n) is 26.6. The molecule has 2 atom stereocenters. The summed E-state index contributed by atoms with van der Waals surface area (Å²) in [5, 5.41) is 23.7. The summed E-state index contributed by atoms with van der Waals surface area (Å²) in [5.41, 5.74) is 4.46. The van der Waals surface area contributed by atoms with Gasteiger partial charge in [0.05, 0.1) is 5.92 Å². The minimum atomic E-state index is -1.17. The zero-order valence-corrected chi connectivity index (χ0v) is 28.2. The largest absolute Gasteiger partial charge is 0.481 e. The summed E-state index contributed by atoms with van der Waals surface area (Å²) in [5.74, 6) is -3.56. The number of ketones is 1. The summed E-state index contributed by atoms with van der Waals surface area (Å²) in [6, 6.07) is 15.3. The van der Waals surface area contributed by atoms with Crippen LogP contribution in [0.5, 0.6) is 0 Å². The number of unbranched alkanes of at least 4 members (excludes halogenated alkanes) is 2. The molecule has 10 nitrogen and oxygen atoms in total. The van der Waals surface area contributed by atoms with Crippen LogP contribution in [0.3, 0.4) is 0 Å². The fraction of sp³-hybridized carbons (Fsp3) is 0.500. The van der Waals surface area contributed by atoms with Crippen molar-refractivity contribution in [2.24, 2.45) is 5.92 Å². The number of rotatable bonds is 19. The van der Waals surface area contributed by atoms with Gasteiger partial charge in [-0.15, -0.1) is 0 Å². The Balaban J connectivity index is 1.46. The second kappa shape index (κ2) is 18.0. The molecule has 0 aromatic heterocycles. The SMILES string of the molecule is CC(C)(C)SSCC(NC(=O)OCC1c2ccccc2-c2ccccc21)C(=O)NCCCCCC(=O)CC(CCC(=O)O)C(=O)O. The Morgan fingerprint density at radius 2 is 1.52 bits per heavy atom. The normalized spacial score (nSPS) is 13.6. The fourth-order valence-electron chi connectivity index (χ4n) is 5.19. The highest BCUT2D eigenvalue weighted by Gasteiger charge is 2.30.